The van der Waals surface area contributed by atoms with Crippen LogP contribution in [0.4, 0.5) is 16.2 Å². The molecule has 22 heavy (non-hydrogen) atoms. The van der Waals surface area contributed by atoms with Crippen LogP contribution in [0.2, 0.25) is 5.02 Å². The molecule has 0 bridgehead atoms. The van der Waals surface area contributed by atoms with E-state index in [9.17, 15) is 4.79 Å². The number of rotatable bonds is 2. The number of morpholine rings is 1. The van der Waals surface area contributed by atoms with Gasteiger partial charge in [0.05, 0.1) is 29.5 Å². The third-order valence-corrected chi connectivity index (χ3v) is 4.73. The highest BCUT2D eigenvalue weighted by Crippen LogP contribution is 2.31. The molecule has 1 aliphatic carbocycles. The fourth-order valence-corrected chi connectivity index (χ4v) is 3.67. The molecule has 1 heterocycles. The molecule has 3 rings (SSSR count). The molecular weight excluding hydrogens is 302 g/mol. The standard InChI is InChI=1S/C16H22ClN3O2/c1-19(2)13-7-6-11(10-12(13)17)18-16(21)20-8-9-22-15-5-3-4-14(15)20/h6-7,10,14-15H,3-5,8-9H2,1-2H3,(H,18,21)/t14-,15-/m1/s1. The van der Waals surface area contributed by atoms with Crippen LogP contribution in [0, 0.1) is 0 Å². The Balaban J connectivity index is 1.70. The third kappa shape index (κ3) is 3.01. The molecule has 2 atom stereocenters. The highest BCUT2D eigenvalue weighted by Gasteiger charge is 2.38. The summed E-state index contributed by atoms with van der Waals surface area (Å²) in [5.74, 6) is 0. The lowest BCUT2D eigenvalue weighted by atomic mass is 10.1. The average molecular weight is 324 g/mol. The minimum absolute atomic E-state index is 0.0612. The minimum Gasteiger partial charge on any atom is -0.376 e. The number of benzene rings is 1. The number of nitrogens with zero attached hydrogens (tertiary/aromatic N) is 2. The summed E-state index contributed by atoms with van der Waals surface area (Å²) in [4.78, 5) is 16.4. The van der Waals surface area contributed by atoms with E-state index in [1.807, 2.05) is 36.0 Å². The van der Waals surface area contributed by atoms with Gasteiger partial charge in [-0.1, -0.05) is 11.6 Å². The second-order valence-corrected chi connectivity index (χ2v) is 6.50. The van der Waals surface area contributed by atoms with E-state index in [1.54, 1.807) is 6.07 Å². The van der Waals surface area contributed by atoms with Crippen LogP contribution < -0.4 is 10.2 Å². The topological polar surface area (TPSA) is 44.8 Å². The normalized spacial score (nSPS) is 24.0. The number of urea groups is 1. The predicted octanol–water partition coefficient (Wildman–Crippen LogP) is 3.19. The van der Waals surface area contributed by atoms with E-state index in [2.05, 4.69) is 5.32 Å². The van der Waals surface area contributed by atoms with Crippen LogP contribution in [0.15, 0.2) is 18.2 Å². The van der Waals surface area contributed by atoms with Crippen LogP contribution in [0.3, 0.4) is 0 Å². The van der Waals surface area contributed by atoms with Crippen LogP contribution in [0.5, 0.6) is 0 Å². The molecule has 0 spiro atoms. The van der Waals surface area contributed by atoms with E-state index in [-0.39, 0.29) is 18.2 Å². The number of halogens is 1. The van der Waals surface area contributed by atoms with Gasteiger partial charge in [-0.25, -0.2) is 4.79 Å². The molecule has 1 N–H and O–H groups in total. The van der Waals surface area contributed by atoms with Gasteiger partial charge >= 0.3 is 6.03 Å². The van der Waals surface area contributed by atoms with Gasteiger partial charge in [0.25, 0.3) is 0 Å². The van der Waals surface area contributed by atoms with Crippen molar-refractivity contribution in [1.29, 1.82) is 0 Å². The molecule has 1 aromatic rings. The maximum absolute atomic E-state index is 12.5. The van der Waals surface area contributed by atoms with Gasteiger partial charge in [-0.3, -0.25) is 0 Å². The van der Waals surface area contributed by atoms with Crippen molar-refractivity contribution in [2.24, 2.45) is 0 Å². The van der Waals surface area contributed by atoms with Crippen LogP contribution in [-0.4, -0.2) is 50.3 Å². The van der Waals surface area contributed by atoms with Gasteiger partial charge in [-0.15, -0.1) is 0 Å². The lowest BCUT2D eigenvalue weighted by molar-refractivity contribution is -0.0362. The number of carbonyl (C=O) groups excluding carboxylic acids is 1. The van der Waals surface area contributed by atoms with Gasteiger partial charge < -0.3 is 19.9 Å². The molecule has 1 saturated heterocycles. The molecule has 5 nitrogen and oxygen atoms in total. The lowest BCUT2D eigenvalue weighted by Crippen LogP contribution is -2.52. The van der Waals surface area contributed by atoms with Crippen molar-refractivity contribution in [2.45, 2.75) is 31.4 Å². The van der Waals surface area contributed by atoms with E-state index < -0.39 is 0 Å². The zero-order valence-electron chi connectivity index (χ0n) is 13.0. The van der Waals surface area contributed by atoms with Crippen molar-refractivity contribution in [2.75, 3.05) is 37.5 Å². The zero-order valence-corrected chi connectivity index (χ0v) is 13.8. The summed E-state index contributed by atoms with van der Waals surface area (Å²) in [5.41, 5.74) is 1.66. The van der Waals surface area contributed by atoms with Crippen molar-refractivity contribution < 1.29 is 9.53 Å². The molecular formula is C16H22ClN3O2. The number of fused-ring (bicyclic) bond motifs is 1. The van der Waals surface area contributed by atoms with Crippen LogP contribution in [-0.2, 0) is 4.74 Å². The van der Waals surface area contributed by atoms with E-state index in [4.69, 9.17) is 16.3 Å². The Hall–Kier alpha value is -1.46. The van der Waals surface area contributed by atoms with Gasteiger partial charge in [0.1, 0.15) is 0 Å². The highest BCUT2D eigenvalue weighted by molar-refractivity contribution is 6.33. The largest absolute Gasteiger partial charge is 0.376 e. The maximum atomic E-state index is 12.5. The predicted molar refractivity (Wildman–Crippen MR) is 88.9 cm³/mol. The number of hydrogen-bond acceptors (Lipinski definition) is 3. The van der Waals surface area contributed by atoms with E-state index in [0.29, 0.717) is 18.2 Å². The number of amides is 2. The number of nitrogens with one attached hydrogen (secondary N) is 1. The molecule has 1 saturated carbocycles. The highest BCUT2D eigenvalue weighted by atomic mass is 35.5. The number of carbonyl (C=O) groups is 1. The molecule has 1 aliphatic heterocycles. The molecule has 0 unspecified atom stereocenters. The van der Waals surface area contributed by atoms with Gasteiger partial charge in [0.2, 0.25) is 0 Å². The summed E-state index contributed by atoms with van der Waals surface area (Å²) >= 11 is 6.26. The molecule has 2 aliphatic rings. The third-order valence-electron chi connectivity index (χ3n) is 4.42. The molecule has 1 aromatic carbocycles. The number of ether oxygens (including phenoxy) is 1. The molecule has 6 heteroatoms. The van der Waals surface area contributed by atoms with Crippen LogP contribution in [0.1, 0.15) is 19.3 Å². The van der Waals surface area contributed by atoms with E-state index in [0.717, 1.165) is 30.6 Å². The summed E-state index contributed by atoms with van der Waals surface area (Å²) in [6.45, 7) is 1.27. The molecule has 0 aromatic heterocycles. The Morgan fingerprint density at radius 1 is 1.41 bits per heavy atom. The Morgan fingerprint density at radius 2 is 2.23 bits per heavy atom. The number of anilines is 2. The monoisotopic (exact) mass is 323 g/mol. The van der Waals surface area contributed by atoms with Crippen LogP contribution >= 0.6 is 11.6 Å². The van der Waals surface area contributed by atoms with Gasteiger partial charge in [-0.05, 0) is 37.5 Å². The zero-order chi connectivity index (χ0) is 15.7. The van der Waals surface area contributed by atoms with E-state index >= 15 is 0 Å². The Bertz CT molecular complexity index is 564. The van der Waals surface area contributed by atoms with Crippen LogP contribution in [0.25, 0.3) is 0 Å². The van der Waals surface area contributed by atoms with Gasteiger partial charge in [-0.2, -0.15) is 0 Å². The summed E-state index contributed by atoms with van der Waals surface area (Å²) in [7, 11) is 3.88. The summed E-state index contributed by atoms with van der Waals surface area (Å²) in [6, 6.07) is 5.74. The van der Waals surface area contributed by atoms with Crippen molar-refractivity contribution in [3.05, 3.63) is 23.2 Å². The Morgan fingerprint density at radius 3 is 2.95 bits per heavy atom. The van der Waals surface area contributed by atoms with Crippen molar-refractivity contribution in [3.63, 3.8) is 0 Å². The molecule has 2 fully saturated rings. The first kappa shape index (κ1) is 15.4. The lowest BCUT2D eigenvalue weighted by Gasteiger charge is -2.37. The average Bonchev–Trinajstić information content (AvgIpc) is 2.95. The smallest absolute Gasteiger partial charge is 0.322 e. The quantitative estimate of drug-likeness (QED) is 0.909. The SMILES string of the molecule is CN(C)c1ccc(NC(=O)N2CCO[C@@H]3CCC[C@H]32)cc1Cl. The Kier molecular flexibility index (Phi) is 4.45. The molecule has 2 amide bonds. The number of hydrogen-bond donors (Lipinski definition) is 1. The minimum atomic E-state index is -0.0612. The first-order valence-corrected chi connectivity index (χ1v) is 8.10. The Labute approximate surface area is 136 Å². The van der Waals surface area contributed by atoms with Gasteiger partial charge in [0, 0.05) is 26.3 Å². The van der Waals surface area contributed by atoms with E-state index in [1.165, 1.54) is 0 Å². The second kappa shape index (κ2) is 6.34. The summed E-state index contributed by atoms with van der Waals surface area (Å²) < 4.78 is 5.75. The van der Waals surface area contributed by atoms with Gasteiger partial charge in [0.15, 0.2) is 0 Å². The van der Waals surface area contributed by atoms with Crippen molar-refractivity contribution in [1.82, 2.24) is 4.90 Å². The molecule has 120 valence electrons. The second-order valence-electron chi connectivity index (χ2n) is 6.09. The summed E-state index contributed by atoms with van der Waals surface area (Å²) in [6.07, 6.45) is 3.41. The first-order valence-electron chi connectivity index (χ1n) is 7.72. The fraction of sp³-hybridized carbons (Fsp3) is 0.562. The fourth-order valence-electron chi connectivity index (χ4n) is 3.32. The first-order chi connectivity index (χ1) is 10.6. The van der Waals surface area contributed by atoms with Crippen molar-refractivity contribution in [3.8, 4) is 0 Å². The molecule has 0 radical (unpaired) electrons. The van der Waals surface area contributed by atoms with Crippen molar-refractivity contribution >= 4 is 29.0 Å². The summed E-state index contributed by atoms with van der Waals surface area (Å²) in [5, 5.41) is 3.59. The maximum Gasteiger partial charge on any atom is 0.322 e.